The second-order valence-electron chi connectivity index (χ2n) is 5.91. The molecule has 0 saturated carbocycles. The van der Waals surface area contributed by atoms with Gasteiger partial charge in [0.05, 0.1) is 11.1 Å². The summed E-state index contributed by atoms with van der Waals surface area (Å²) in [6.45, 7) is 0.323. The minimum absolute atomic E-state index is 0.0414. The highest BCUT2D eigenvalue weighted by Crippen LogP contribution is 2.31. The third-order valence-corrected chi connectivity index (χ3v) is 4.96. The maximum atomic E-state index is 12.8. The van der Waals surface area contributed by atoms with Crippen molar-refractivity contribution in [3.8, 4) is 5.75 Å². The molecule has 1 aliphatic carbocycles. The average molecular weight is 385 g/mol. The lowest BCUT2D eigenvalue weighted by Crippen LogP contribution is -2.25. The van der Waals surface area contributed by atoms with Crippen molar-refractivity contribution in [1.82, 2.24) is 4.98 Å². The predicted octanol–water partition coefficient (Wildman–Crippen LogP) is 2.32. The first-order valence-corrected chi connectivity index (χ1v) is 8.97. The van der Waals surface area contributed by atoms with Crippen molar-refractivity contribution < 1.29 is 23.5 Å². The van der Waals surface area contributed by atoms with Gasteiger partial charge in [0.25, 0.3) is 0 Å². The number of allylic oxidation sites excluding steroid dienone is 1. The second-order valence-corrected chi connectivity index (χ2v) is 6.89. The molecule has 0 amide bonds. The van der Waals surface area contributed by atoms with Crippen LogP contribution in [0.2, 0.25) is 0 Å². The van der Waals surface area contributed by atoms with Crippen molar-refractivity contribution in [1.29, 1.82) is 0 Å². The van der Waals surface area contributed by atoms with Crippen LogP contribution in [-0.4, -0.2) is 38.0 Å². The van der Waals surface area contributed by atoms with E-state index in [1.165, 1.54) is 11.3 Å². The molecule has 0 fully saturated rings. The highest BCUT2D eigenvalue weighted by molar-refractivity contribution is 7.09. The first-order valence-electron chi connectivity index (χ1n) is 8.09. The van der Waals surface area contributed by atoms with Gasteiger partial charge in [-0.15, -0.1) is 11.3 Å². The molecule has 0 spiro atoms. The van der Waals surface area contributed by atoms with Crippen LogP contribution in [0.15, 0.2) is 52.0 Å². The Kier molecular flexibility index (Phi) is 4.60. The van der Waals surface area contributed by atoms with Gasteiger partial charge in [0.1, 0.15) is 45.1 Å². The molecule has 0 bridgehead atoms. The lowest BCUT2D eigenvalue weighted by atomic mass is 9.70. The normalized spacial score (nSPS) is 13.6. The van der Waals surface area contributed by atoms with E-state index < -0.39 is 17.3 Å². The van der Waals surface area contributed by atoms with Gasteiger partial charge in [-0.3, -0.25) is 14.4 Å². The van der Waals surface area contributed by atoms with E-state index >= 15 is 0 Å². The number of ketones is 3. The van der Waals surface area contributed by atoms with E-state index in [1.54, 1.807) is 30.5 Å². The van der Waals surface area contributed by atoms with E-state index in [0.717, 1.165) is 11.3 Å². The number of nitrogens with zero attached hydrogens (tertiary/aromatic N) is 1. The molecule has 4 rings (SSSR count). The van der Waals surface area contributed by atoms with E-state index in [1.807, 2.05) is 5.38 Å². The lowest BCUT2D eigenvalue weighted by molar-refractivity contribution is -0.111. The van der Waals surface area contributed by atoms with Crippen molar-refractivity contribution in [3.63, 3.8) is 0 Å². The number of hydrogen-bond donors (Lipinski definition) is 0. The van der Waals surface area contributed by atoms with E-state index in [9.17, 15) is 14.4 Å². The number of hydrogen-bond acceptors (Lipinski definition) is 7. The van der Waals surface area contributed by atoms with Crippen molar-refractivity contribution in [3.05, 3.63) is 75.0 Å². The van der Waals surface area contributed by atoms with E-state index in [-0.39, 0.29) is 27.8 Å². The second kappa shape index (κ2) is 7.09. The molecule has 28 heavy (non-hydrogen) atoms. The number of carbonyl (C=O) groups excluding carboxylic acids is 3. The monoisotopic (exact) mass is 385 g/mol. The molecule has 6 nitrogen and oxygen atoms in total. The standard InChI is InChI=1S/C19H9B2NO5S/c20-14-15(21)19-13(17(24)18(14)25)11(7-27-19)16(23)9-1-3-10(4-2-9)26-8-12-22-5-6-28-12/h1-7H,8H2. The highest BCUT2D eigenvalue weighted by atomic mass is 32.1. The molecule has 0 aliphatic heterocycles. The average Bonchev–Trinajstić information content (AvgIpc) is 3.39. The van der Waals surface area contributed by atoms with Gasteiger partial charge in [0.15, 0.2) is 5.78 Å². The van der Waals surface area contributed by atoms with Crippen molar-refractivity contribution >= 4 is 49.9 Å². The van der Waals surface area contributed by atoms with Crippen LogP contribution >= 0.6 is 11.3 Å². The summed E-state index contributed by atoms with van der Waals surface area (Å²) in [4.78, 5) is 41.2. The minimum Gasteiger partial charge on any atom is -0.486 e. The Morgan fingerprint density at radius 2 is 1.86 bits per heavy atom. The first kappa shape index (κ1) is 18.2. The Morgan fingerprint density at radius 1 is 1.11 bits per heavy atom. The summed E-state index contributed by atoms with van der Waals surface area (Å²) in [5.41, 5.74) is -0.435. The highest BCUT2D eigenvalue weighted by Gasteiger charge is 2.35. The first-order chi connectivity index (χ1) is 13.5. The molecule has 1 aliphatic rings. The fourth-order valence-electron chi connectivity index (χ4n) is 2.76. The van der Waals surface area contributed by atoms with Crippen LogP contribution in [0.5, 0.6) is 5.75 Å². The summed E-state index contributed by atoms with van der Waals surface area (Å²) in [7, 11) is 11.3. The largest absolute Gasteiger partial charge is 0.486 e. The van der Waals surface area contributed by atoms with Gasteiger partial charge < -0.3 is 9.15 Å². The SMILES string of the molecule is [B]C1=C([B])c2occ(C(=O)c3ccc(OCc4nccs4)cc3)c2C(=O)C1=O. The zero-order chi connectivity index (χ0) is 19.8. The van der Waals surface area contributed by atoms with E-state index in [2.05, 4.69) is 4.98 Å². The maximum absolute atomic E-state index is 12.8. The zero-order valence-electron chi connectivity index (χ0n) is 14.3. The quantitative estimate of drug-likeness (QED) is 0.381. The molecule has 0 atom stereocenters. The van der Waals surface area contributed by atoms with Gasteiger partial charge in [0, 0.05) is 17.1 Å². The summed E-state index contributed by atoms with van der Waals surface area (Å²) < 4.78 is 10.9. The zero-order valence-corrected chi connectivity index (χ0v) is 15.1. The van der Waals surface area contributed by atoms with Gasteiger partial charge >= 0.3 is 0 Å². The molecule has 0 saturated heterocycles. The number of rotatable bonds is 5. The topological polar surface area (TPSA) is 86.5 Å². The molecule has 132 valence electrons. The van der Waals surface area contributed by atoms with Crippen LogP contribution in [0.1, 0.15) is 37.0 Å². The Balaban J connectivity index is 1.58. The smallest absolute Gasteiger partial charge is 0.236 e. The Hall–Kier alpha value is -3.19. The van der Waals surface area contributed by atoms with Gasteiger partial charge in [-0.25, -0.2) is 4.98 Å². The number of furan rings is 1. The maximum Gasteiger partial charge on any atom is 0.236 e. The third kappa shape index (κ3) is 3.03. The van der Waals surface area contributed by atoms with Crippen molar-refractivity contribution in [2.24, 2.45) is 0 Å². The minimum atomic E-state index is -0.952. The van der Waals surface area contributed by atoms with Crippen molar-refractivity contribution in [2.75, 3.05) is 0 Å². The fourth-order valence-corrected chi connectivity index (χ4v) is 3.28. The van der Waals surface area contributed by atoms with Crippen LogP contribution in [0, 0.1) is 0 Å². The molecule has 9 heteroatoms. The molecule has 0 N–H and O–H groups in total. The predicted molar refractivity (Wildman–Crippen MR) is 103 cm³/mol. The summed E-state index contributed by atoms with van der Waals surface area (Å²) >= 11 is 1.48. The van der Waals surface area contributed by atoms with Crippen LogP contribution in [-0.2, 0) is 11.4 Å². The molecular weight excluding hydrogens is 376 g/mol. The molecule has 2 heterocycles. The molecule has 0 unspecified atom stereocenters. The fraction of sp³-hybridized carbons (Fsp3) is 0.0526. The molecule has 3 aromatic rings. The molecule has 4 radical (unpaired) electrons. The number of benzene rings is 1. The van der Waals surface area contributed by atoms with Gasteiger partial charge in [0.2, 0.25) is 11.6 Å². The van der Waals surface area contributed by atoms with E-state index in [0.29, 0.717) is 17.9 Å². The number of thiazole rings is 1. The number of ether oxygens (including phenoxy) is 1. The summed E-state index contributed by atoms with van der Waals surface area (Å²) in [6, 6.07) is 6.38. The number of aromatic nitrogens is 1. The van der Waals surface area contributed by atoms with Gasteiger partial charge in [-0.05, 0) is 29.7 Å². The lowest BCUT2D eigenvalue weighted by Gasteiger charge is -2.13. The van der Waals surface area contributed by atoms with Crippen LogP contribution < -0.4 is 4.74 Å². The number of Topliss-reactive ketones (excluding diaryl/α,β-unsaturated/α-hetero) is 2. The molecule has 1 aromatic carbocycles. The van der Waals surface area contributed by atoms with Crippen molar-refractivity contribution in [2.45, 2.75) is 6.61 Å². The van der Waals surface area contributed by atoms with Crippen LogP contribution in [0.25, 0.3) is 5.47 Å². The van der Waals surface area contributed by atoms with Crippen LogP contribution in [0.4, 0.5) is 0 Å². The Morgan fingerprint density at radius 3 is 2.54 bits per heavy atom. The van der Waals surface area contributed by atoms with E-state index in [4.69, 9.17) is 24.8 Å². The summed E-state index contributed by atoms with van der Waals surface area (Å²) in [6.07, 6.45) is 2.80. The van der Waals surface area contributed by atoms with Crippen LogP contribution in [0.3, 0.4) is 0 Å². The van der Waals surface area contributed by atoms with Gasteiger partial charge in [-0.1, -0.05) is 5.47 Å². The number of fused-ring (bicyclic) bond motifs is 1. The Labute approximate surface area is 166 Å². The molecular formula is C19H9B2NO5S. The third-order valence-electron chi connectivity index (χ3n) is 4.21. The molecule has 2 aromatic heterocycles. The summed E-state index contributed by atoms with van der Waals surface area (Å²) in [5.74, 6) is -1.85. The summed E-state index contributed by atoms with van der Waals surface area (Å²) in [5, 5.41) is 2.69. The van der Waals surface area contributed by atoms with Gasteiger partial charge in [-0.2, -0.15) is 0 Å². The Bertz CT molecular complexity index is 1130. The number of carbonyl (C=O) groups is 3.